The molecule has 0 heterocycles. The van der Waals surface area contributed by atoms with Crippen LogP contribution in [0.25, 0.3) is 0 Å². The van der Waals surface area contributed by atoms with Crippen molar-refractivity contribution in [3.8, 4) is 5.75 Å². The number of hydrogen-bond acceptors (Lipinski definition) is 3. The van der Waals surface area contributed by atoms with Gasteiger partial charge in [-0.2, -0.15) is 8.78 Å². The molecule has 0 spiro atoms. The van der Waals surface area contributed by atoms with Gasteiger partial charge in [0.1, 0.15) is 11.6 Å². The fraction of sp³-hybridized carbons (Fsp3) is 0.364. The van der Waals surface area contributed by atoms with Gasteiger partial charge in [0.05, 0.1) is 6.42 Å². The predicted molar refractivity (Wildman–Crippen MR) is 57.0 cm³/mol. The van der Waals surface area contributed by atoms with Crippen molar-refractivity contribution in [3.63, 3.8) is 0 Å². The number of ether oxygens (including phenoxy) is 1. The van der Waals surface area contributed by atoms with Gasteiger partial charge in [0, 0.05) is 24.7 Å². The lowest BCUT2D eigenvalue weighted by Crippen LogP contribution is -2.18. The minimum atomic E-state index is -3.00. The minimum absolute atomic E-state index is 0.0752. The highest BCUT2D eigenvalue weighted by atomic mass is 19.3. The fourth-order valence-electron chi connectivity index (χ4n) is 1.27. The van der Waals surface area contributed by atoms with Gasteiger partial charge in [0.25, 0.3) is 0 Å². The van der Waals surface area contributed by atoms with Crippen LogP contribution in [0.3, 0.4) is 0 Å². The van der Waals surface area contributed by atoms with Gasteiger partial charge in [-0.3, -0.25) is 4.79 Å². The monoisotopic (exact) mass is 263 g/mol. The Bertz CT molecular complexity index is 413. The Morgan fingerprint density at radius 1 is 1.44 bits per heavy atom. The summed E-state index contributed by atoms with van der Waals surface area (Å²) in [5.74, 6) is -1.89. The summed E-state index contributed by atoms with van der Waals surface area (Å²) in [6.07, 6.45) is -0.0752. The van der Waals surface area contributed by atoms with Crippen LogP contribution in [-0.2, 0) is 11.3 Å². The summed E-state index contributed by atoms with van der Waals surface area (Å²) in [6.45, 7) is -2.68. The van der Waals surface area contributed by atoms with Gasteiger partial charge >= 0.3 is 12.6 Å². The van der Waals surface area contributed by atoms with Crippen LogP contribution in [-0.4, -0.2) is 24.2 Å². The number of alkyl halides is 2. The average molecular weight is 263 g/mol. The van der Waals surface area contributed by atoms with Crippen molar-refractivity contribution in [1.82, 2.24) is 5.32 Å². The minimum Gasteiger partial charge on any atom is -0.481 e. The van der Waals surface area contributed by atoms with Crippen molar-refractivity contribution in [2.24, 2.45) is 0 Å². The number of rotatable bonds is 7. The molecule has 100 valence electrons. The summed E-state index contributed by atoms with van der Waals surface area (Å²) < 4.78 is 41.2. The predicted octanol–water partition coefficient (Wildman–Crippen LogP) is 1.99. The second-order valence-corrected chi connectivity index (χ2v) is 3.45. The molecule has 1 aromatic rings. The average Bonchev–Trinajstić information content (AvgIpc) is 2.25. The van der Waals surface area contributed by atoms with Crippen molar-refractivity contribution < 1.29 is 27.8 Å². The second-order valence-electron chi connectivity index (χ2n) is 3.45. The third-order valence-electron chi connectivity index (χ3n) is 2.08. The van der Waals surface area contributed by atoms with Crippen LogP contribution >= 0.6 is 0 Å². The van der Waals surface area contributed by atoms with Crippen LogP contribution in [0.5, 0.6) is 5.75 Å². The first-order valence-corrected chi connectivity index (χ1v) is 5.15. The zero-order valence-electron chi connectivity index (χ0n) is 9.33. The smallest absolute Gasteiger partial charge is 0.387 e. The Hall–Kier alpha value is -1.76. The lowest BCUT2D eigenvalue weighted by Gasteiger charge is -2.08. The Kier molecular flexibility index (Phi) is 5.44. The third kappa shape index (κ3) is 5.05. The zero-order valence-corrected chi connectivity index (χ0v) is 9.33. The molecule has 0 radical (unpaired) electrons. The van der Waals surface area contributed by atoms with Gasteiger partial charge in [-0.05, 0) is 6.07 Å². The molecule has 0 fully saturated rings. The number of aliphatic carboxylic acids is 1. The van der Waals surface area contributed by atoms with E-state index >= 15 is 0 Å². The maximum absolute atomic E-state index is 13.4. The molecule has 0 atom stereocenters. The highest BCUT2D eigenvalue weighted by Crippen LogP contribution is 2.18. The van der Waals surface area contributed by atoms with E-state index in [0.717, 1.165) is 6.07 Å². The highest BCUT2D eigenvalue weighted by molar-refractivity contribution is 5.66. The van der Waals surface area contributed by atoms with E-state index in [1.807, 2.05) is 0 Å². The molecule has 0 aliphatic carbocycles. The molecule has 18 heavy (non-hydrogen) atoms. The summed E-state index contributed by atoms with van der Waals surface area (Å²) in [5, 5.41) is 11.1. The van der Waals surface area contributed by atoms with Crippen molar-refractivity contribution in [3.05, 3.63) is 29.6 Å². The molecule has 7 heteroatoms. The van der Waals surface area contributed by atoms with Gasteiger partial charge in [-0.1, -0.05) is 6.07 Å². The summed E-state index contributed by atoms with van der Waals surface area (Å²) in [5.41, 5.74) is 0.252. The molecule has 1 aromatic carbocycles. The first-order chi connectivity index (χ1) is 8.49. The second kappa shape index (κ2) is 6.85. The number of carbonyl (C=O) groups is 1. The van der Waals surface area contributed by atoms with E-state index in [9.17, 15) is 18.0 Å². The molecule has 0 bridgehead atoms. The summed E-state index contributed by atoms with van der Waals surface area (Å²) >= 11 is 0. The molecular formula is C11H12F3NO3. The molecule has 0 aliphatic rings. The van der Waals surface area contributed by atoms with Crippen LogP contribution in [0.15, 0.2) is 18.2 Å². The first kappa shape index (κ1) is 14.3. The third-order valence-corrected chi connectivity index (χ3v) is 2.08. The quantitative estimate of drug-likeness (QED) is 0.739. The van der Waals surface area contributed by atoms with Crippen molar-refractivity contribution >= 4 is 5.97 Å². The number of benzene rings is 1. The summed E-state index contributed by atoms with van der Waals surface area (Å²) in [7, 11) is 0. The van der Waals surface area contributed by atoms with Crippen molar-refractivity contribution in [1.29, 1.82) is 0 Å². The Balaban J connectivity index is 2.49. The van der Waals surface area contributed by atoms with Crippen molar-refractivity contribution in [2.75, 3.05) is 6.54 Å². The molecule has 0 amide bonds. The van der Waals surface area contributed by atoms with E-state index in [-0.39, 0.29) is 30.8 Å². The highest BCUT2D eigenvalue weighted by Gasteiger charge is 2.08. The standard InChI is InChI=1S/C11H12F3NO3/c12-9-5-8(18-11(13)14)2-1-7(9)6-15-4-3-10(16)17/h1-2,5,11,15H,3-4,6H2,(H,16,17). The number of halogens is 3. The largest absolute Gasteiger partial charge is 0.481 e. The van der Waals surface area contributed by atoms with Gasteiger partial charge in [0.2, 0.25) is 0 Å². The van der Waals surface area contributed by atoms with Gasteiger partial charge in [-0.25, -0.2) is 4.39 Å². The molecular weight excluding hydrogens is 251 g/mol. The van der Waals surface area contributed by atoms with E-state index in [4.69, 9.17) is 5.11 Å². The Morgan fingerprint density at radius 3 is 2.72 bits per heavy atom. The van der Waals surface area contributed by atoms with E-state index < -0.39 is 18.4 Å². The van der Waals surface area contributed by atoms with Crippen molar-refractivity contribution in [2.45, 2.75) is 19.6 Å². The maximum atomic E-state index is 13.4. The molecule has 0 saturated carbocycles. The number of hydrogen-bond donors (Lipinski definition) is 2. The van der Waals surface area contributed by atoms with Crippen LogP contribution in [0.2, 0.25) is 0 Å². The molecule has 0 aliphatic heterocycles. The lowest BCUT2D eigenvalue weighted by molar-refractivity contribution is -0.136. The zero-order chi connectivity index (χ0) is 13.5. The number of carboxylic acids is 1. The van der Waals surface area contributed by atoms with Gasteiger partial charge in [0.15, 0.2) is 0 Å². The molecule has 0 aromatic heterocycles. The maximum Gasteiger partial charge on any atom is 0.387 e. The SMILES string of the molecule is O=C(O)CCNCc1ccc(OC(F)F)cc1F. The Morgan fingerprint density at radius 2 is 2.17 bits per heavy atom. The van der Waals surface area contributed by atoms with Crippen LogP contribution in [0, 0.1) is 5.82 Å². The molecule has 1 rings (SSSR count). The lowest BCUT2D eigenvalue weighted by atomic mass is 10.2. The molecule has 0 saturated heterocycles. The number of carboxylic acid groups (broad SMARTS) is 1. The van der Waals surface area contributed by atoms with Crippen LogP contribution in [0.4, 0.5) is 13.2 Å². The van der Waals surface area contributed by atoms with E-state index in [0.29, 0.717) is 0 Å². The molecule has 2 N–H and O–H groups in total. The van der Waals surface area contributed by atoms with Crippen LogP contribution < -0.4 is 10.1 Å². The first-order valence-electron chi connectivity index (χ1n) is 5.15. The van der Waals surface area contributed by atoms with E-state index in [1.165, 1.54) is 12.1 Å². The van der Waals surface area contributed by atoms with Gasteiger partial charge in [-0.15, -0.1) is 0 Å². The van der Waals surface area contributed by atoms with E-state index in [2.05, 4.69) is 10.1 Å². The molecule has 4 nitrogen and oxygen atoms in total. The summed E-state index contributed by atoms with van der Waals surface area (Å²) in [6, 6.07) is 3.39. The molecule has 0 unspecified atom stereocenters. The van der Waals surface area contributed by atoms with Gasteiger partial charge < -0.3 is 15.2 Å². The van der Waals surface area contributed by atoms with E-state index in [1.54, 1.807) is 0 Å². The normalized spacial score (nSPS) is 10.7. The number of nitrogens with one attached hydrogen (secondary N) is 1. The van der Waals surface area contributed by atoms with Crippen LogP contribution in [0.1, 0.15) is 12.0 Å². The topological polar surface area (TPSA) is 58.6 Å². The Labute approximate surface area is 101 Å². The summed E-state index contributed by atoms with van der Waals surface area (Å²) in [4.78, 5) is 10.2. The fourth-order valence-corrected chi connectivity index (χ4v) is 1.27.